The lowest BCUT2D eigenvalue weighted by atomic mass is 9.89. The van der Waals surface area contributed by atoms with Crippen LogP contribution in [0.25, 0.3) is 0 Å². The van der Waals surface area contributed by atoms with E-state index >= 15 is 0 Å². The van der Waals surface area contributed by atoms with Crippen molar-refractivity contribution in [2.75, 3.05) is 0 Å². The Bertz CT molecular complexity index is 758. The number of hydrogen-bond acceptors (Lipinski definition) is 3. The molecule has 2 aromatic carbocycles. The van der Waals surface area contributed by atoms with Crippen molar-refractivity contribution in [1.29, 1.82) is 0 Å². The molecule has 2 atom stereocenters. The summed E-state index contributed by atoms with van der Waals surface area (Å²) in [6.07, 6.45) is 0.125. The number of para-hydroxylation sites is 1. The Morgan fingerprint density at radius 1 is 1.24 bits per heavy atom. The molecule has 0 fully saturated rings. The van der Waals surface area contributed by atoms with Crippen molar-refractivity contribution in [2.24, 2.45) is 0 Å². The van der Waals surface area contributed by atoms with Gasteiger partial charge in [-0.2, -0.15) is 0 Å². The monoisotopic (exact) mass is 403 g/mol. The van der Waals surface area contributed by atoms with Crippen molar-refractivity contribution in [3.05, 3.63) is 58.6 Å². The third-order valence-electron chi connectivity index (χ3n) is 4.19. The van der Waals surface area contributed by atoms with Gasteiger partial charge >= 0.3 is 0 Å². The molecule has 0 saturated heterocycles. The number of carbonyl (C=O) groups is 1. The molecule has 132 valence electrons. The van der Waals surface area contributed by atoms with Crippen LogP contribution >= 0.6 is 15.9 Å². The zero-order valence-electron chi connectivity index (χ0n) is 14.6. The molecule has 0 bridgehead atoms. The Hall–Kier alpha value is -2.01. The first-order valence-electron chi connectivity index (χ1n) is 8.35. The molecule has 1 aliphatic heterocycles. The molecular formula is C20H22BrNO3. The fourth-order valence-corrected chi connectivity index (χ4v) is 3.26. The van der Waals surface area contributed by atoms with E-state index in [1.54, 1.807) is 6.92 Å². The van der Waals surface area contributed by atoms with Gasteiger partial charge in [-0.05, 0) is 51.1 Å². The highest BCUT2D eigenvalue weighted by Crippen LogP contribution is 2.39. The minimum Gasteiger partial charge on any atom is -0.487 e. The lowest BCUT2D eigenvalue weighted by Gasteiger charge is -2.38. The van der Waals surface area contributed by atoms with Gasteiger partial charge in [-0.25, -0.2) is 0 Å². The zero-order chi connectivity index (χ0) is 18.0. The first kappa shape index (κ1) is 17.8. The topological polar surface area (TPSA) is 47.6 Å². The Labute approximate surface area is 156 Å². The second-order valence-corrected chi connectivity index (χ2v) is 7.79. The maximum atomic E-state index is 12.6. The fourth-order valence-electron chi connectivity index (χ4n) is 2.99. The maximum absolute atomic E-state index is 12.6. The number of ether oxygens (including phenoxy) is 2. The lowest BCUT2D eigenvalue weighted by Crippen LogP contribution is -2.44. The van der Waals surface area contributed by atoms with E-state index in [1.807, 2.05) is 62.4 Å². The van der Waals surface area contributed by atoms with Crippen LogP contribution in [0.15, 0.2) is 53.0 Å². The summed E-state index contributed by atoms with van der Waals surface area (Å²) in [5.74, 6) is 1.35. The van der Waals surface area contributed by atoms with Crippen LogP contribution < -0.4 is 14.8 Å². The molecule has 1 amide bonds. The lowest BCUT2D eigenvalue weighted by molar-refractivity contribution is -0.128. The van der Waals surface area contributed by atoms with E-state index in [1.165, 1.54) is 0 Å². The van der Waals surface area contributed by atoms with Gasteiger partial charge in [-0.3, -0.25) is 4.79 Å². The number of hydrogen-bond donors (Lipinski definition) is 1. The van der Waals surface area contributed by atoms with Crippen molar-refractivity contribution in [2.45, 2.75) is 44.9 Å². The number of carbonyl (C=O) groups excluding carboxylic acids is 1. The normalized spacial score (nSPS) is 19.3. The van der Waals surface area contributed by atoms with Gasteiger partial charge in [0.05, 0.1) is 6.04 Å². The average Bonchev–Trinajstić information content (AvgIpc) is 2.56. The summed E-state index contributed by atoms with van der Waals surface area (Å²) in [7, 11) is 0. The van der Waals surface area contributed by atoms with Crippen LogP contribution in [0.3, 0.4) is 0 Å². The van der Waals surface area contributed by atoms with E-state index in [0.717, 1.165) is 15.8 Å². The number of fused-ring (bicyclic) bond motifs is 1. The SMILES string of the molecule is C[C@H](Oc1ccc(Br)cc1)C(=O)N[C@@H]1CC(C)(C)Oc2ccccc21. The quantitative estimate of drug-likeness (QED) is 0.808. The van der Waals surface area contributed by atoms with Crippen LogP contribution in [-0.2, 0) is 4.79 Å². The molecule has 0 unspecified atom stereocenters. The molecule has 0 radical (unpaired) electrons. The highest BCUT2D eigenvalue weighted by molar-refractivity contribution is 9.10. The summed E-state index contributed by atoms with van der Waals surface area (Å²) >= 11 is 3.39. The summed E-state index contributed by atoms with van der Waals surface area (Å²) in [4.78, 5) is 12.6. The van der Waals surface area contributed by atoms with Crippen molar-refractivity contribution >= 4 is 21.8 Å². The highest BCUT2D eigenvalue weighted by atomic mass is 79.9. The van der Waals surface area contributed by atoms with Gasteiger partial charge in [0, 0.05) is 16.5 Å². The molecule has 5 heteroatoms. The molecular weight excluding hydrogens is 382 g/mol. The second-order valence-electron chi connectivity index (χ2n) is 6.88. The summed E-state index contributed by atoms with van der Waals surface area (Å²) in [5, 5.41) is 3.11. The van der Waals surface area contributed by atoms with E-state index < -0.39 is 6.10 Å². The molecule has 1 aliphatic rings. The molecule has 0 aromatic heterocycles. The van der Waals surface area contributed by atoms with Crippen LogP contribution in [-0.4, -0.2) is 17.6 Å². The Kier molecular flexibility index (Phi) is 5.04. The Morgan fingerprint density at radius 2 is 1.92 bits per heavy atom. The van der Waals surface area contributed by atoms with Crippen LogP contribution in [0, 0.1) is 0 Å². The molecule has 0 spiro atoms. The van der Waals surface area contributed by atoms with E-state index in [-0.39, 0.29) is 17.6 Å². The number of rotatable bonds is 4. The van der Waals surface area contributed by atoms with Crippen LogP contribution in [0.5, 0.6) is 11.5 Å². The third-order valence-corrected chi connectivity index (χ3v) is 4.72. The van der Waals surface area contributed by atoms with Crippen molar-refractivity contribution in [3.8, 4) is 11.5 Å². The van der Waals surface area contributed by atoms with E-state index in [9.17, 15) is 4.79 Å². The molecule has 25 heavy (non-hydrogen) atoms. The zero-order valence-corrected chi connectivity index (χ0v) is 16.2. The van der Waals surface area contributed by atoms with Crippen molar-refractivity contribution in [1.82, 2.24) is 5.32 Å². The Morgan fingerprint density at radius 3 is 2.64 bits per heavy atom. The highest BCUT2D eigenvalue weighted by Gasteiger charge is 2.35. The van der Waals surface area contributed by atoms with Gasteiger partial charge in [0.1, 0.15) is 17.1 Å². The smallest absolute Gasteiger partial charge is 0.261 e. The largest absolute Gasteiger partial charge is 0.487 e. The predicted octanol–water partition coefficient (Wildman–Crippen LogP) is 4.64. The van der Waals surface area contributed by atoms with Crippen LogP contribution in [0.1, 0.15) is 38.8 Å². The number of benzene rings is 2. The van der Waals surface area contributed by atoms with Crippen molar-refractivity contribution in [3.63, 3.8) is 0 Å². The fraction of sp³-hybridized carbons (Fsp3) is 0.350. The average molecular weight is 404 g/mol. The number of halogens is 1. The number of nitrogens with one attached hydrogen (secondary N) is 1. The summed E-state index contributed by atoms with van der Waals surface area (Å²) < 4.78 is 12.7. The summed E-state index contributed by atoms with van der Waals surface area (Å²) in [6.45, 7) is 5.82. The summed E-state index contributed by atoms with van der Waals surface area (Å²) in [5.41, 5.74) is 0.674. The van der Waals surface area contributed by atoms with Gasteiger partial charge in [-0.1, -0.05) is 34.1 Å². The minimum atomic E-state index is -0.584. The number of amides is 1. The maximum Gasteiger partial charge on any atom is 0.261 e. The van der Waals surface area contributed by atoms with Gasteiger partial charge in [0.2, 0.25) is 0 Å². The molecule has 2 aromatic rings. The van der Waals surface area contributed by atoms with Crippen LogP contribution in [0.4, 0.5) is 0 Å². The molecule has 3 rings (SSSR count). The van der Waals surface area contributed by atoms with E-state index in [0.29, 0.717) is 12.2 Å². The van der Waals surface area contributed by atoms with Gasteiger partial charge in [-0.15, -0.1) is 0 Å². The van der Waals surface area contributed by atoms with E-state index in [4.69, 9.17) is 9.47 Å². The van der Waals surface area contributed by atoms with Gasteiger partial charge in [0.15, 0.2) is 6.10 Å². The second kappa shape index (κ2) is 7.08. The van der Waals surface area contributed by atoms with Gasteiger partial charge < -0.3 is 14.8 Å². The molecule has 1 heterocycles. The molecule has 0 saturated carbocycles. The van der Waals surface area contributed by atoms with Gasteiger partial charge in [0.25, 0.3) is 5.91 Å². The standard InChI is InChI=1S/C20H22BrNO3/c1-13(24-15-10-8-14(21)9-11-15)19(23)22-17-12-20(2,3)25-18-7-5-4-6-16(17)18/h4-11,13,17H,12H2,1-3H3,(H,22,23)/t13-,17+/m0/s1. The first-order valence-corrected chi connectivity index (χ1v) is 9.14. The summed E-state index contributed by atoms with van der Waals surface area (Å²) in [6, 6.07) is 15.2. The first-order chi connectivity index (χ1) is 11.8. The molecule has 1 N–H and O–H groups in total. The van der Waals surface area contributed by atoms with E-state index in [2.05, 4.69) is 21.2 Å². The molecule has 4 nitrogen and oxygen atoms in total. The molecule has 0 aliphatic carbocycles. The minimum absolute atomic E-state index is 0.0941. The predicted molar refractivity (Wildman–Crippen MR) is 101 cm³/mol. The Balaban J connectivity index is 1.70. The van der Waals surface area contributed by atoms with Crippen LogP contribution in [0.2, 0.25) is 0 Å². The van der Waals surface area contributed by atoms with Crippen molar-refractivity contribution < 1.29 is 14.3 Å². The third kappa shape index (κ3) is 4.34.